The summed E-state index contributed by atoms with van der Waals surface area (Å²) in [6.45, 7) is 2.09. The highest BCUT2D eigenvalue weighted by atomic mass is 32.2. The van der Waals surface area contributed by atoms with Gasteiger partial charge in [0.15, 0.2) is 0 Å². The average molecular weight is 319 g/mol. The van der Waals surface area contributed by atoms with Crippen LogP contribution in [0.5, 0.6) is 0 Å². The first-order valence-corrected chi connectivity index (χ1v) is 8.43. The Morgan fingerprint density at radius 1 is 1.18 bits per heavy atom. The van der Waals surface area contributed by atoms with Crippen molar-refractivity contribution in [3.05, 3.63) is 59.9 Å². The van der Waals surface area contributed by atoms with Gasteiger partial charge >= 0.3 is 0 Å². The number of nitrogens with one attached hydrogen (secondary N) is 2. The Hall–Kier alpha value is -2.41. The van der Waals surface area contributed by atoms with Gasteiger partial charge in [0.1, 0.15) is 0 Å². The van der Waals surface area contributed by atoms with E-state index in [0.29, 0.717) is 12.1 Å². The molecule has 6 nitrogen and oxygen atoms in total. The lowest BCUT2D eigenvalue weighted by molar-refractivity contribution is 0.0981. The second-order valence-electron chi connectivity index (χ2n) is 4.63. The van der Waals surface area contributed by atoms with Gasteiger partial charge in [-0.2, -0.15) is 0 Å². The molecular weight excluding hydrogens is 302 g/mol. The maximum atomic E-state index is 11.8. The number of anilines is 1. The van der Waals surface area contributed by atoms with Gasteiger partial charge in [-0.1, -0.05) is 6.07 Å². The van der Waals surface area contributed by atoms with Crippen LogP contribution in [0.4, 0.5) is 5.69 Å². The molecule has 1 amide bonds. The maximum Gasteiger partial charge on any atom is 0.264 e. The molecule has 1 aromatic heterocycles. The number of aromatic nitrogens is 1. The summed E-state index contributed by atoms with van der Waals surface area (Å²) < 4.78 is 24.7. The molecule has 2 aromatic rings. The number of benzene rings is 1. The summed E-state index contributed by atoms with van der Waals surface area (Å²) in [7, 11) is -3.55. The van der Waals surface area contributed by atoms with E-state index in [9.17, 15) is 13.2 Å². The van der Waals surface area contributed by atoms with Crippen molar-refractivity contribution in [1.82, 2.24) is 9.71 Å². The lowest BCUT2D eigenvalue weighted by Gasteiger charge is -2.08. The van der Waals surface area contributed by atoms with Crippen LogP contribution in [0.25, 0.3) is 0 Å². The lowest BCUT2D eigenvalue weighted by Crippen LogP contribution is -2.31. The second-order valence-corrected chi connectivity index (χ2v) is 6.64. The largest absolute Gasteiger partial charge is 0.381 e. The quantitative estimate of drug-likeness (QED) is 0.847. The molecule has 0 spiro atoms. The highest BCUT2D eigenvalue weighted by Crippen LogP contribution is 2.11. The molecule has 0 bridgehead atoms. The van der Waals surface area contributed by atoms with Crippen LogP contribution in [-0.2, 0) is 16.6 Å². The molecule has 0 unspecified atom stereocenters. The zero-order valence-corrected chi connectivity index (χ0v) is 12.9. The fourth-order valence-corrected chi connectivity index (χ4v) is 2.26. The minimum atomic E-state index is -3.55. The van der Waals surface area contributed by atoms with Crippen molar-refractivity contribution < 1.29 is 13.2 Å². The standard InChI is InChI=1S/C15H17N3O3S/c1-2-22(20,21)18-15(19)13-5-7-14(8-6-13)17-11-12-4-3-9-16-10-12/h3-10,17H,2,11H2,1H3,(H,18,19). The van der Waals surface area contributed by atoms with Gasteiger partial charge < -0.3 is 5.32 Å². The predicted octanol–water partition coefficient (Wildman–Crippen LogP) is 1.77. The molecule has 2 rings (SSSR count). The minimum Gasteiger partial charge on any atom is -0.381 e. The summed E-state index contributed by atoms with van der Waals surface area (Å²) in [4.78, 5) is 15.8. The first kappa shape index (κ1) is 16.0. The molecule has 0 aliphatic carbocycles. The van der Waals surface area contributed by atoms with Crippen LogP contribution in [-0.4, -0.2) is 25.1 Å². The molecule has 22 heavy (non-hydrogen) atoms. The van der Waals surface area contributed by atoms with Gasteiger partial charge in [-0.15, -0.1) is 0 Å². The topological polar surface area (TPSA) is 88.2 Å². The summed E-state index contributed by atoms with van der Waals surface area (Å²) >= 11 is 0. The van der Waals surface area contributed by atoms with Crippen LogP contribution < -0.4 is 10.0 Å². The van der Waals surface area contributed by atoms with Crippen LogP contribution in [0.2, 0.25) is 0 Å². The van der Waals surface area contributed by atoms with E-state index in [2.05, 4.69) is 10.3 Å². The van der Waals surface area contributed by atoms with Crippen LogP contribution in [0.1, 0.15) is 22.8 Å². The zero-order chi connectivity index (χ0) is 16.0. The summed E-state index contributed by atoms with van der Waals surface area (Å²) in [6, 6.07) is 10.4. The highest BCUT2D eigenvalue weighted by molar-refractivity contribution is 7.90. The van der Waals surface area contributed by atoms with Crippen molar-refractivity contribution in [2.75, 3.05) is 11.1 Å². The van der Waals surface area contributed by atoms with Gasteiger partial charge in [0.05, 0.1) is 5.75 Å². The van der Waals surface area contributed by atoms with Gasteiger partial charge in [0, 0.05) is 30.2 Å². The fraction of sp³-hybridized carbons (Fsp3) is 0.200. The Bertz CT molecular complexity index is 728. The van der Waals surface area contributed by atoms with Crippen LogP contribution in [0.15, 0.2) is 48.8 Å². The summed E-state index contributed by atoms with van der Waals surface area (Å²) in [5.41, 5.74) is 2.17. The molecule has 0 atom stereocenters. The molecule has 0 aliphatic heterocycles. The number of rotatable bonds is 6. The second kappa shape index (κ2) is 7.04. The molecule has 0 saturated heterocycles. The predicted molar refractivity (Wildman–Crippen MR) is 84.9 cm³/mol. The monoisotopic (exact) mass is 319 g/mol. The van der Waals surface area contributed by atoms with Gasteiger partial charge in [0.2, 0.25) is 10.0 Å². The number of hydrogen-bond donors (Lipinski definition) is 2. The minimum absolute atomic E-state index is 0.135. The number of carbonyl (C=O) groups is 1. The molecule has 7 heteroatoms. The smallest absolute Gasteiger partial charge is 0.264 e. The third-order valence-electron chi connectivity index (χ3n) is 2.99. The van der Waals surface area contributed by atoms with Gasteiger partial charge in [0.25, 0.3) is 5.91 Å². The first-order valence-electron chi connectivity index (χ1n) is 6.78. The average Bonchev–Trinajstić information content (AvgIpc) is 2.54. The van der Waals surface area contributed by atoms with E-state index in [1.54, 1.807) is 36.7 Å². The summed E-state index contributed by atoms with van der Waals surface area (Å²) in [5, 5.41) is 3.20. The number of amides is 1. The third kappa shape index (κ3) is 4.56. The molecule has 0 radical (unpaired) electrons. The van der Waals surface area contributed by atoms with Crippen molar-refractivity contribution in [3.8, 4) is 0 Å². The molecule has 2 N–H and O–H groups in total. The van der Waals surface area contributed by atoms with E-state index in [4.69, 9.17) is 0 Å². The molecule has 1 aromatic carbocycles. The zero-order valence-electron chi connectivity index (χ0n) is 12.1. The molecule has 0 saturated carbocycles. The van der Waals surface area contributed by atoms with Gasteiger partial charge in [-0.3, -0.25) is 9.78 Å². The Balaban J connectivity index is 1.97. The van der Waals surface area contributed by atoms with Gasteiger partial charge in [-0.25, -0.2) is 13.1 Å². The molecule has 0 fully saturated rings. The highest BCUT2D eigenvalue weighted by Gasteiger charge is 2.13. The lowest BCUT2D eigenvalue weighted by atomic mass is 10.2. The molecule has 116 valence electrons. The number of sulfonamides is 1. The first-order chi connectivity index (χ1) is 10.5. The van der Waals surface area contributed by atoms with Crippen molar-refractivity contribution >= 4 is 21.6 Å². The Labute approximate surface area is 129 Å². The van der Waals surface area contributed by atoms with E-state index < -0.39 is 15.9 Å². The molecular formula is C15H17N3O3S. The number of nitrogens with zero attached hydrogens (tertiary/aromatic N) is 1. The molecule has 0 aliphatic rings. The van der Waals surface area contributed by atoms with E-state index in [1.807, 2.05) is 16.9 Å². The van der Waals surface area contributed by atoms with Crippen molar-refractivity contribution in [3.63, 3.8) is 0 Å². The van der Waals surface area contributed by atoms with E-state index in [0.717, 1.165) is 11.3 Å². The Morgan fingerprint density at radius 3 is 2.50 bits per heavy atom. The third-order valence-corrected chi connectivity index (χ3v) is 4.25. The number of pyridine rings is 1. The number of carbonyl (C=O) groups excluding carboxylic acids is 1. The van der Waals surface area contributed by atoms with Crippen molar-refractivity contribution in [2.45, 2.75) is 13.5 Å². The number of hydrogen-bond acceptors (Lipinski definition) is 5. The summed E-state index contributed by atoms with van der Waals surface area (Å²) in [5.74, 6) is -0.760. The SMILES string of the molecule is CCS(=O)(=O)NC(=O)c1ccc(NCc2cccnc2)cc1. The van der Waals surface area contributed by atoms with Crippen LogP contribution in [0, 0.1) is 0 Å². The summed E-state index contributed by atoms with van der Waals surface area (Å²) in [6.07, 6.45) is 3.48. The van der Waals surface area contributed by atoms with Crippen LogP contribution in [0.3, 0.4) is 0 Å². The Morgan fingerprint density at radius 2 is 1.91 bits per heavy atom. The van der Waals surface area contributed by atoms with Crippen LogP contribution >= 0.6 is 0 Å². The van der Waals surface area contributed by atoms with Crippen molar-refractivity contribution in [1.29, 1.82) is 0 Å². The van der Waals surface area contributed by atoms with Crippen molar-refractivity contribution in [2.24, 2.45) is 0 Å². The maximum absolute atomic E-state index is 11.8. The van der Waals surface area contributed by atoms with E-state index >= 15 is 0 Å². The normalized spacial score (nSPS) is 11.0. The van der Waals surface area contributed by atoms with E-state index in [-0.39, 0.29) is 5.75 Å². The molecule has 1 heterocycles. The van der Waals surface area contributed by atoms with E-state index in [1.165, 1.54) is 6.92 Å². The fourth-order valence-electron chi connectivity index (χ4n) is 1.72. The van der Waals surface area contributed by atoms with Gasteiger partial charge in [-0.05, 0) is 42.8 Å². The Kier molecular flexibility index (Phi) is 5.11.